The number of hydrogen-bond acceptors (Lipinski definition) is 3. The van der Waals surface area contributed by atoms with Gasteiger partial charge in [0.2, 0.25) is 0 Å². The molecule has 164 valence electrons. The fraction of sp³-hybridized carbons (Fsp3) is 0.133. The van der Waals surface area contributed by atoms with Crippen molar-refractivity contribution in [3.8, 4) is 17.2 Å². The summed E-state index contributed by atoms with van der Waals surface area (Å²) in [4.78, 5) is 10.1. The Labute approximate surface area is 202 Å². The van der Waals surface area contributed by atoms with E-state index in [1.165, 1.54) is 32.9 Å². The van der Waals surface area contributed by atoms with Crippen molar-refractivity contribution in [1.29, 1.82) is 0 Å². The maximum Gasteiger partial charge on any atom is 0.162 e. The normalized spacial score (nSPS) is 17.6. The van der Waals surface area contributed by atoms with Crippen LogP contribution in [0.1, 0.15) is 23.3 Å². The quantitative estimate of drug-likeness (QED) is 0.253. The second kappa shape index (κ2) is 7.44. The number of fused-ring (bicyclic) bond motifs is 4. The Kier molecular flexibility index (Phi) is 4.33. The molecule has 0 radical (unpaired) electrons. The van der Waals surface area contributed by atoms with Crippen LogP contribution < -0.4 is 0 Å². The van der Waals surface area contributed by atoms with Crippen molar-refractivity contribution in [3.63, 3.8) is 0 Å². The second-order valence-corrected chi connectivity index (χ2v) is 10.6. The van der Waals surface area contributed by atoms with E-state index in [1.54, 1.807) is 0 Å². The molecule has 3 heterocycles. The molecule has 0 spiro atoms. The summed E-state index contributed by atoms with van der Waals surface area (Å²) in [6.45, 7) is 4.54. The molecule has 6 aromatic rings. The van der Waals surface area contributed by atoms with Gasteiger partial charge >= 0.3 is 0 Å². The molecular weight excluding hydrogens is 434 g/mol. The summed E-state index contributed by atoms with van der Waals surface area (Å²) >= 11 is 2.05. The zero-order valence-electron chi connectivity index (χ0n) is 19.1. The van der Waals surface area contributed by atoms with Gasteiger partial charge in [-0.3, -0.25) is 4.57 Å². The van der Waals surface area contributed by atoms with Gasteiger partial charge in [0.15, 0.2) is 5.82 Å². The predicted molar refractivity (Wildman–Crippen MR) is 144 cm³/mol. The van der Waals surface area contributed by atoms with Crippen molar-refractivity contribution in [3.05, 3.63) is 102 Å². The molecule has 0 amide bonds. The smallest absolute Gasteiger partial charge is 0.162 e. The van der Waals surface area contributed by atoms with Crippen molar-refractivity contribution in [2.45, 2.75) is 24.3 Å². The fourth-order valence-corrected chi connectivity index (χ4v) is 6.06. The van der Waals surface area contributed by atoms with E-state index in [0.717, 1.165) is 28.1 Å². The van der Waals surface area contributed by atoms with Gasteiger partial charge < -0.3 is 0 Å². The second-order valence-electron chi connectivity index (χ2n) is 9.06. The molecule has 2 aromatic heterocycles. The van der Waals surface area contributed by atoms with Crippen LogP contribution in [0, 0.1) is 6.92 Å². The van der Waals surface area contributed by atoms with Crippen molar-refractivity contribution < 1.29 is 0 Å². The SMILES string of the molecule is Cc1ccc(C2SC2C)c2c3ccccc3n(-c3nc(-c4ccccc4)nc4ccccc34)c12. The molecule has 1 fully saturated rings. The fourth-order valence-electron chi connectivity index (χ4n) is 5.20. The van der Waals surface area contributed by atoms with Gasteiger partial charge in [0.25, 0.3) is 0 Å². The van der Waals surface area contributed by atoms with E-state index < -0.39 is 0 Å². The Morgan fingerprint density at radius 3 is 2.26 bits per heavy atom. The lowest BCUT2D eigenvalue weighted by Gasteiger charge is -2.14. The minimum atomic E-state index is 0.560. The molecular formula is C30H23N3S. The van der Waals surface area contributed by atoms with Gasteiger partial charge in [-0.15, -0.1) is 11.8 Å². The number of thioether (sulfide) groups is 1. The van der Waals surface area contributed by atoms with Crippen LogP contribution >= 0.6 is 11.8 Å². The lowest BCUT2D eigenvalue weighted by molar-refractivity contribution is 1.04. The molecule has 2 atom stereocenters. The summed E-state index contributed by atoms with van der Waals surface area (Å²) < 4.78 is 2.37. The first kappa shape index (κ1) is 19.8. The largest absolute Gasteiger partial charge is 0.293 e. The number of para-hydroxylation sites is 2. The molecule has 4 heteroatoms. The summed E-state index contributed by atoms with van der Waals surface area (Å²) in [6.07, 6.45) is 0. The highest BCUT2D eigenvalue weighted by Gasteiger charge is 2.37. The van der Waals surface area contributed by atoms with Crippen LogP contribution in [0.25, 0.3) is 49.9 Å². The van der Waals surface area contributed by atoms with E-state index in [2.05, 4.69) is 91.2 Å². The summed E-state index contributed by atoms with van der Waals surface area (Å²) in [5.74, 6) is 1.69. The molecule has 3 nitrogen and oxygen atoms in total. The lowest BCUT2D eigenvalue weighted by atomic mass is 10.00. The molecule has 7 rings (SSSR count). The maximum absolute atomic E-state index is 5.21. The molecule has 4 aromatic carbocycles. The van der Waals surface area contributed by atoms with Crippen LogP contribution in [0.3, 0.4) is 0 Å². The van der Waals surface area contributed by atoms with Crippen molar-refractivity contribution >= 4 is 44.5 Å². The highest BCUT2D eigenvalue weighted by Crippen LogP contribution is 2.57. The number of aromatic nitrogens is 3. The maximum atomic E-state index is 5.21. The average Bonchev–Trinajstić information content (AvgIpc) is 3.50. The van der Waals surface area contributed by atoms with E-state index in [4.69, 9.17) is 9.97 Å². The number of rotatable bonds is 3. The predicted octanol–water partition coefficient (Wildman–Crippen LogP) is 7.88. The third-order valence-electron chi connectivity index (χ3n) is 6.89. The first-order valence-corrected chi connectivity index (χ1v) is 12.7. The Morgan fingerprint density at radius 2 is 1.47 bits per heavy atom. The van der Waals surface area contributed by atoms with Crippen LogP contribution in [0.2, 0.25) is 0 Å². The minimum absolute atomic E-state index is 0.560. The zero-order valence-corrected chi connectivity index (χ0v) is 19.9. The van der Waals surface area contributed by atoms with Gasteiger partial charge in [0, 0.05) is 32.2 Å². The van der Waals surface area contributed by atoms with Crippen molar-refractivity contribution in [1.82, 2.24) is 14.5 Å². The molecule has 0 N–H and O–H groups in total. The molecule has 0 saturated carbocycles. The van der Waals surface area contributed by atoms with Gasteiger partial charge in [0.05, 0.1) is 16.6 Å². The molecule has 1 aliphatic heterocycles. The molecule has 1 saturated heterocycles. The van der Waals surface area contributed by atoms with Crippen molar-refractivity contribution in [2.24, 2.45) is 0 Å². The number of hydrogen-bond donors (Lipinski definition) is 0. The Balaban J connectivity index is 1.64. The van der Waals surface area contributed by atoms with E-state index in [1.807, 2.05) is 30.0 Å². The average molecular weight is 458 g/mol. The van der Waals surface area contributed by atoms with E-state index in [-0.39, 0.29) is 0 Å². The molecule has 34 heavy (non-hydrogen) atoms. The van der Waals surface area contributed by atoms with Crippen LogP contribution in [-0.4, -0.2) is 19.8 Å². The number of benzene rings is 4. The first-order valence-electron chi connectivity index (χ1n) is 11.7. The van der Waals surface area contributed by atoms with Crippen molar-refractivity contribution in [2.75, 3.05) is 0 Å². The molecule has 2 unspecified atom stereocenters. The van der Waals surface area contributed by atoms with E-state index in [9.17, 15) is 0 Å². The monoisotopic (exact) mass is 457 g/mol. The van der Waals surface area contributed by atoms with Gasteiger partial charge in [-0.25, -0.2) is 9.97 Å². The number of nitrogens with zero attached hydrogens (tertiary/aromatic N) is 3. The van der Waals surface area contributed by atoms with E-state index >= 15 is 0 Å². The van der Waals surface area contributed by atoms with Gasteiger partial charge in [-0.05, 0) is 36.2 Å². The summed E-state index contributed by atoms with van der Waals surface area (Å²) in [7, 11) is 0. The van der Waals surface area contributed by atoms with Gasteiger partial charge in [-0.1, -0.05) is 79.7 Å². The topological polar surface area (TPSA) is 30.7 Å². The number of aryl methyl sites for hydroxylation is 1. The van der Waals surface area contributed by atoms with Crippen LogP contribution in [-0.2, 0) is 0 Å². The Hall–Kier alpha value is -3.63. The zero-order chi connectivity index (χ0) is 22.8. The molecule has 1 aliphatic rings. The first-order chi connectivity index (χ1) is 16.7. The highest BCUT2D eigenvalue weighted by atomic mass is 32.2. The third-order valence-corrected chi connectivity index (χ3v) is 8.24. The van der Waals surface area contributed by atoms with Crippen LogP contribution in [0.5, 0.6) is 0 Å². The Bertz CT molecular complexity index is 1720. The molecule has 0 aliphatic carbocycles. The minimum Gasteiger partial charge on any atom is -0.293 e. The third kappa shape index (κ3) is 2.92. The highest BCUT2D eigenvalue weighted by molar-refractivity contribution is 8.07. The summed E-state index contributed by atoms with van der Waals surface area (Å²) in [6, 6.07) is 32.0. The van der Waals surface area contributed by atoms with Crippen LogP contribution in [0.15, 0.2) is 91.0 Å². The standard InChI is InChI=1S/C30H23N3S/c1-18-16-17-23(28-19(2)34-28)26-22-13-7-9-15-25(22)33(27(18)26)30-21-12-6-8-14-24(21)31-29(32-30)20-10-4-3-5-11-20/h3-17,19,28H,1-2H3. The summed E-state index contributed by atoms with van der Waals surface area (Å²) in [5.41, 5.74) is 7.12. The van der Waals surface area contributed by atoms with Gasteiger partial charge in [0.1, 0.15) is 5.82 Å². The Morgan fingerprint density at radius 1 is 0.765 bits per heavy atom. The lowest BCUT2D eigenvalue weighted by Crippen LogP contribution is -2.03. The molecule has 0 bridgehead atoms. The van der Waals surface area contributed by atoms with Crippen LogP contribution in [0.4, 0.5) is 0 Å². The van der Waals surface area contributed by atoms with Gasteiger partial charge in [-0.2, -0.15) is 0 Å². The summed E-state index contributed by atoms with van der Waals surface area (Å²) in [5, 5.41) is 4.94. The van der Waals surface area contributed by atoms with E-state index in [0.29, 0.717) is 10.5 Å².